The molecule has 1 unspecified atom stereocenters. The zero-order valence-electron chi connectivity index (χ0n) is 10.5. The molecule has 18 heavy (non-hydrogen) atoms. The Hall–Kier alpha value is -1.59. The molecule has 5 nitrogen and oxygen atoms in total. The highest BCUT2D eigenvalue weighted by atomic mass is 16.5. The standard InChI is InChI=1S/C13H18N4O/c1-18-13-7-4-6-12-15-9-11(17(12)13)10-5-2-3-8-16(10)14/h4,6-7,9-10H,2-3,5,8,14H2,1H3. The topological polar surface area (TPSA) is 55.8 Å². The number of pyridine rings is 1. The maximum atomic E-state index is 6.10. The minimum Gasteiger partial charge on any atom is -0.482 e. The van der Waals surface area contributed by atoms with Gasteiger partial charge in [0.2, 0.25) is 0 Å². The van der Waals surface area contributed by atoms with Gasteiger partial charge in [0.25, 0.3) is 0 Å². The zero-order chi connectivity index (χ0) is 12.5. The number of fused-ring (bicyclic) bond motifs is 1. The fraction of sp³-hybridized carbons (Fsp3) is 0.462. The summed E-state index contributed by atoms with van der Waals surface area (Å²) in [7, 11) is 1.68. The number of imidazole rings is 1. The summed E-state index contributed by atoms with van der Waals surface area (Å²) in [5, 5.41) is 1.92. The predicted octanol–water partition coefficient (Wildman–Crippen LogP) is 1.74. The monoisotopic (exact) mass is 246 g/mol. The second kappa shape index (κ2) is 4.59. The molecule has 1 aliphatic heterocycles. The first-order valence-electron chi connectivity index (χ1n) is 6.33. The molecule has 0 aromatic carbocycles. The van der Waals surface area contributed by atoms with E-state index in [1.807, 2.05) is 29.4 Å². The Balaban J connectivity index is 2.11. The third-order valence-electron chi connectivity index (χ3n) is 3.62. The molecule has 2 aromatic rings. The quantitative estimate of drug-likeness (QED) is 0.820. The van der Waals surface area contributed by atoms with E-state index < -0.39 is 0 Å². The van der Waals surface area contributed by atoms with Crippen molar-refractivity contribution >= 4 is 5.65 Å². The van der Waals surface area contributed by atoms with Crippen LogP contribution >= 0.6 is 0 Å². The summed E-state index contributed by atoms with van der Waals surface area (Å²) < 4.78 is 7.47. The molecule has 1 saturated heterocycles. The van der Waals surface area contributed by atoms with Crippen LogP contribution in [0.25, 0.3) is 5.65 Å². The van der Waals surface area contributed by atoms with Gasteiger partial charge in [-0.25, -0.2) is 9.99 Å². The first-order valence-corrected chi connectivity index (χ1v) is 6.33. The average Bonchev–Trinajstić information content (AvgIpc) is 2.83. The van der Waals surface area contributed by atoms with Gasteiger partial charge in [-0.1, -0.05) is 12.5 Å². The van der Waals surface area contributed by atoms with E-state index in [2.05, 4.69) is 9.38 Å². The number of methoxy groups -OCH3 is 1. The summed E-state index contributed by atoms with van der Waals surface area (Å²) in [5.74, 6) is 6.91. The highest BCUT2D eigenvalue weighted by molar-refractivity contribution is 5.45. The highest BCUT2D eigenvalue weighted by Crippen LogP contribution is 2.30. The minimum absolute atomic E-state index is 0.227. The van der Waals surface area contributed by atoms with Crippen LogP contribution in [-0.4, -0.2) is 28.0 Å². The first-order chi connectivity index (χ1) is 8.81. The van der Waals surface area contributed by atoms with Crippen LogP contribution < -0.4 is 10.6 Å². The SMILES string of the molecule is COc1cccc2ncc(C3CCCCN3N)n12. The number of rotatable bonds is 2. The Kier molecular flexibility index (Phi) is 2.93. The minimum atomic E-state index is 0.227. The Labute approximate surface area is 106 Å². The summed E-state index contributed by atoms with van der Waals surface area (Å²) in [6.07, 6.45) is 5.36. The predicted molar refractivity (Wildman–Crippen MR) is 69.2 cm³/mol. The Morgan fingerprint density at radius 1 is 1.39 bits per heavy atom. The van der Waals surface area contributed by atoms with Crippen molar-refractivity contribution in [2.24, 2.45) is 5.84 Å². The molecule has 1 atom stereocenters. The van der Waals surface area contributed by atoms with E-state index in [4.69, 9.17) is 10.6 Å². The smallest absolute Gasteiger partial charge is 0.199 e. The van der Waals surface area contributed by atoms with Crippen LogP contribution in [0.2, 0.25) is 0 Å². The highest BCUT2D eigenvalue weighted by Gasteiger charge is 2.25. The van der Waals surface area contributed by atoms with E-state index in [1.54, 1.807) is 7.11 Å². The van der Waals surface area contributed by atoms with Gasteiger partial charge in [-0.3, -0.25) is 10.2 Å². The summed E-state index contributed by atoms with van der Waals surface area (Å²) in [6, 6.07) is 6.11. The van der Waals surface area contributed by atoms with Gasteiger partial charge in [0.1, 0.15) is 5.65 Å². The Morgan fingerprint density at radius 2 is 2.28 bits per heavy atom. The lowest BCUT2D eigenvalue weighted by Crippen LogP contribution is -2.39. The maximum absolute atomic E-state index is 6.10. The number of nitrogens with two attached hydrogens (primary N) is 1. The third-order valence-corrected chi connectivity index (χ3v) is 3.62. The molecular weight excluding hydrogens is 228 g/mol. The van der Waals surface area contributed by atoms with Crippen molar-refractivity contribution in [2.45, 2.75) is 25.3 Å². The van der Waals surface area contributed by atoms with E-state index in [0.717, 1.165) is 30.2 Å². The van der Waals surface area contributed by atoms with Gasteiger partial charge in [0.05, 0.1) is 25.0 Å². The molecule has 2 N–H and O–H groups in total. The second-order valence-electron chi connectivity index (χ2n) is 4.69. The van der Waals surface area contributed by atoms with Crippen LogP contribution in [0.15, 0.2) is 24.4 Å². The van der Waals surface area contributed by atoms with Gasteiger partial charge >= 0.3 is 0 Å². The lowest BCUT2D eigenvalue weighted by Gasteiger charge is -2.31. The van der Waals surface area contributed by atoms with Gasteiger partial charge in [-0.15, -0.1) is 0 Å². The van der Waals surface area contributed by atoms with E-state index in [0.29, 0.717) is 0 Å². The molecule has 0 aliphatic carbocycles. The van der Waals surface area contributed by atoms with Crippen LogP contribution in [0.5, 0.6) is 5.88 Å². The lowest BCUT2D eigenvalue weighted by molar-refractivity contribution is 0.146. The van der Waals surface area contributed by atoms with Crippen molar-refractivity contribution in [2.75, 3.05) is 13.7 Å². The number of aromatic nitrogens is 2. The Morgan fingerprint density at radius 3 is 3.06 bits per heavy atom. The Bertz CT molecular complexity index is 551. The largest absolute Gasteiger partial charge is 0.482 e. The lowest BCUT2D eigenvalue weighted by atomic mass is 10.0. The van der Waals surface area contributed by atoms with Crippen molar-refractivity contribution in [1.82, 2.24) is 14.4 Å². The van der Waals surface area contributed by atoms with E-state index in [9.17, 15) is 0 Å². The molecule has 0 radical (unpaired) electrons. The normalized spacial score (nSPS) is 21.3. The third kappa shape index (κ3) is 1.76. The molecule has 0 spiro atoms. The molecule has 3 rings (SSSR count). The summed E-state index contributed by atoms with van der Waals surface area (Å²) in [5.41, 5.74) is 2.02. The average molecular weight is 246 g/mol. The van der Waals surface area contributed by atoms with E-state index in [-0.39, 0.29) is 6.04 Å². The first kappa shape index (κ1) is 11.5. The fourth-order valence-electron chi connectivity index (χ4n) is 2.69. The van der Waals surface area contributed by atoms with Crippen LogP contribution in [-0.2, 0) is 0 Å². The van der Waals surface area contributed by atoms with Crippen molar-refractivity contribution in [1.29, 1.82) is 0 Å². The molecule has 1 aliphatic rings. The molecule has 0 saturated carbocycles. The molecule has 2 aromatic heterocycles. The molecule has 0 amide bonds. The molecular formula is C13H18N4O. The van der Waals surface area contributed by atoms with E-state index >= 15 is 0 Å². The zero-order valence-corrected chi connectivity index (χ0v) is 10.5. The van der Waals surface area contributed by atoms with Gasteiger partial charge in [-0.05, 0) is 25.0 Å². The number of piperidine rings is 1. The van der Waals surface area contributed by atoms with Crippen molar-refractivity contribution in [3.05, 3.63) is 30.1 Å². The molecule has 3 heterocycles. The fourth-order valence-corrected chi connectivity index (χ4v) is 2.69. The molecule has 5 heteroatoms. The number of hydrogen-bond donors (Lipinski definition) is 1. The summed E-state index contributed by atoms with van der Waals surface area (Å²) >= 11 is 0. The molecule has 1 fully saturated rings. The van der Waals surface area contributed by atoms with Crippen LogP contribution in [0.4, 0.5) is 0 Å². The number of hydrazine groups is 1. The van der Waals surface area contributed by atoms with Crippen molar-refractivity contribution < 1.29 is 4.74 Å². The van der Waals surface area contributed by atoms with Gasteiger partial charge in [0, 0.05) is 6.54 Å². The van der Waals surface area contributed by atoms with Crippen molar-refractivity contribution in [3.63, 3.8) is 0 Å². The van der Waals surface area contributed by atoms with Crippen molar-refractivity contribution in [3.8, 4) is 5.88 Å². The van der Waals surface area contributed by atoms with Gasteiger partial charge in [0.15, 0.2) is 5.88 Å². The van der Waals surface area contributed by atoms with Crippen LogP contribution in [0, 0.1) is 0 Å². The summed E-state index contributed by atoms with van der Waals surface area (Å²) in [4.78, 5) is 4.44. The number of nitrogens with zero attached hydrogens (tertiary/aromatic N) is 3. The van der Waals surface area contributed by atoms with Crippen LogP contribution in [0.1, 0.15) is 31.0 Å². The van der Waals surface area contributed by atoms with Gasteiger partial charge < -0.3 is 4.74 Å². The summed E-state index contributed by atoms with van der Waals surface area (Å²) in [6.45, 7) is 0.938. The molecule has 0 bridgehead atoms. The molecule has 96 valence electrons. The van der Waals surface area contributed by atoms with Crippen LogP contribution in [0.3, 0.4) is 0 Å². The maximum Gasteiger partial charge on any atom is 0.199 e. The van der Waals surface area contributed by atoms with Gasteiger partial charge in [-0.2, -0.15) is 0 Å². The second-order valence-corrected chi connectivity index (χ2v) is 4.69. The number of hydrogen-bond acceptors (Lipinski definition) is 4. The van der Waals surface area contributed by atoms with E-state index in [1.165, 1.54) is 12.8 Å². The number of ether oxygens (including phenoxy) is 1.